The molecule has 0 unspecified atom stereocenters. The summed E-state index contributed by atoms with van der Waals surface area (Å²) in [5.74, 6) is 0.581. The van der Waals surface area contributed by atoms with Gasteiger partial charge < -0.3 is 20.3 Å². The minimum atomic E-state index is -0.372. The summed E-state index contributed by atoms with van der Waals surface area (Å²) in [4.78, 5) is 27.9. The van der Waals surface area contributed by atoms with E-state index in [2.05, 4.69) is 0 Å². The third-order valence-electron chi connectivity index (χ3n) is 5.41. The van der Waals surface area contributed by atoms with Gasteiger partial charge in [0.25, 0.3) is 0 Å². The van der Waals surface area contributed by atoms with Gasteiger partial charge in [-0.15, -0.1) is 0 Å². The summed E-state index contributed by atoms with van der Waals surface area (Å²) in [7, 11) is 0. The highest BCUT2D eigenvalue weighted by Crippen LogP contribution is 2.30. The third kappa shape index (κ3) is 5.10. The van der Waals surface area contributed by atoms with E-state index < -0.39 is 0 Å². The van der Waals surface area contributed by atoms with Crippen LogP contribution in [0.3, 0.4) is 0 Å². The molecular formula is C18H33N3O3. The Morgan fingerprint density at radius 3 is 2.25 bits per heavy atom. The molecule has 0 aromatic carbocycles. The molecule has 2 N–H and O–H groups in total. The van der Waals surface area contributed by atoms with E-state index in [1.54, 1.807) is 4.90 Å². The van der Waals surface area contributed by atoms with E-state index in [1.165, 1.54) is 0 Å². The zero-order chi connectivity index (χ0) is 17.5. The molecule has 2 rings (SSSR count). The van der Waals surface area contributed by atoms with Crippen molar-refractivity contribution in [3.8, 4) is 0 Å². The van der Waals surface area contributed by atoms with Crippen molar-refractivity contribution in [3.63, 3.8) is 0 Å². The first-order chi connectivity index (χ1) is 11.5. The third-order valence-corrected chi connectivity index (χ3v) is 5.41. The highest BCUT2D eigenvalue weighted by Gasteiger charge is 2.30. The molecule has 1 saturated heterocycles. The second-order valence-corrected chi connectivity index (χ2v) is 7.07. The lowest BCUT2D eigenvalue weighted by Gasteiger charge is -2.31. The summed E-state index contributed by atoms with van der Waals surface area (Å²) >= 11 is 0. The molecule has 1 saturated carbocycles. The van der Waals surface area contributed by atoms with Gasteiger partial charge in [0.1, 0.15) is 6.10 Å². The number of amides is 2. The molecule has 2 fully saturated rings. The van der Waals surface area contributed by atoms with Gasteiger partial charge >= 0.3 is 6.09 Å². The highest BCUT2D eigenvalue weighted by molar-refractivity contribution is 5.81. The number of nitrogens with zero attached hydrogens (tertiary/aromatic N) is 2. The van der Waals surface area contributed by atoms with Gasteiger partial charge in [-0.3, -0.25) is 4.79 Å². The van der Waals surface area contributed by atoms with Crippen LogP contribution < -0.4 is 5.73 Å². The summed E-state index contributed by atoms with van der Waals surface area (Å²) in [6, 6.07) is -0.372. The van der Waals surface area contributed by atoms with Gasteiger partial charge in [0.15, 0.2) is 0 Å². The molecule has 24 heavy (non-hydrogen) atoms. The molecule has 1 aliphatic heterocycles. The molecule has 0 bridgehead atoms. The minimum Gasteiger partial charge on any atom is -0.446 e. The first-order valence-electron chi connectivity index (χ1n) is 9.55. The van der Waals surface area contributed by atoms with Gasteiger partial charge in [0.2, 0.25) is 5.91 Å². The van der Waals surface area contributed by atoms with Crippen LogP contribution in [-0.2, 0) is 9.53 Å². The summed E-state index contributed by atoms with van der Waals surface area (Å²) < 4.78 is 5.60. The van der Waals surface area contributed by atoms with Crippen LogP contribution in [0.15, 0.2) is 0 Å². The minimum absolute atomic E-state index is 0.0138. The summed E-state index contributed by atoms with van der Waals surface area (Å²) in [6.45, 7) is 7.00. The number of ether oxygens (including phenoxy) is 1. The number of carbonyl (C=O) groups is 2. The van der Waals surface area contributed by atoms with Crippen LogP contribution in [0.4, 0.5) is 4.79 Å². The van der Waals surface area contributed by atoms with E-state index in [0.717, 1.165) is 58.0 Å². The van der Waals surface area contributed by atoms with Crippen molar-refractivity contribution in [1.82, 2.24) is 9.80 Å². The van der Waals surface area contributed by atoms with Crippen LogP contribution in [0.1, 0.15) is 58.8 Å². The van der Waals surface area contributed by atoms with Crippen LogP contribution in [0, 0.1) is 5.92 Å². The van der Waals surface area contributed by atoms with Gasteiger partial charge in [0.05, 0.1) is 6.04 Å². The van der Waals surface area contributed by atoms with Crippen LogP contribution in [0.25, 0.3) is 0 Å². The fourth-order valence-corrected chi connectivity index (χ4v) is 3.82. The summed E-state index contributed by atoms with van der Waals surface area (Å²) in [5, 5.41) is 0. The first-order valence-corrected chi connectivity index (χ1v) is 9.55. The topological polar surface area (TPSA) is 75.9 Å². The molecule has 0 spiro atoms. The van der Waals surface area contributed by atoms with Crippen molar-refractivity contribution in [2.75, 3.05) is 26.2 Å². The number of hydrogen-bond donors (Lipinski definition) is 1. The molecule has 6 heteroatoms. The SMILES string of the molecule is CCN(CC)C(=O)OC1CCC(C[C@H](N)C(=O)N2CCCC2)CC1. The van der Waals surface area contributed by atoms with Crippen LogP contribution >= 0.6 is 0 Å². The predicted molar refractivity (Wildman–Crippen MR) is 93.6 cm³/mol. The normalized spacial score (nSPS) is 25.4. The lowest BCUT2D eigenvalue weighted by Crippen LogP contribution is -2.43. The van der Waals surface area contributed by atoms with Gasteiger partial charge in [0, 0.05) is 26.2 Å². The predicted octanol–water partition coefficient (Wildman–Crippen LogP) is 2.36. The molecule has 138 valence electrons. The van der Waals surface area contributed by atoms with Crippen molar-refractivity contribution < 1.29 is 14.3 Å². The van der Waals surface area contributed by atoms with Crippen LogP contribution in [0.2, 0.25) is 0 Å². The van der Waals surface area contributed by atoms with Crippen molar-refractivity contribution in [2.24, 2.45) is 11.7 Å². The molecule has 2 amide bonds. The maximum atomic E-state index is 12.3. The lowest BCUT2D eigenvalue weighted by molar-refractivity contribution is -0.132. The van der Waals surface area contributed by atoms with Crippen LogP contribution in [-0.4, -0.2) is 60.1 Å². The fourth-order valence-electron chi connectivity index (χ4n) is 3.82. The maximum Gasteiger partial charge on any atom is 0.410 e. The van der Waals surface area contributed by atoms with Crippen molar-refractivity contribution in [2.45, 2.75) is 70.9 Å². The van der Waals surface area contributed by atoms with Crippen LogP contribution in [0.5, 0.6) is 0 Å². The number of carbonyl (C=O) groups excluding carboxylic acids is 2. The number of rotatable bonds is 6. The molecule has 0 aromatic rings. The zero-order valence-electron chi connectivity index (χ0n) is 15.2. The largest absolute Gasteiger partial charge is 0.446 e. The molecule has 0 aromatic heterocycles. The molecule has 1 aliphatic carbocycles. The Morgan fingerprint density at radius 1 is 1.12 bits per heavy atom. The van der Waals surface area contributed by atoms with Gasteiger partial charge in [-0.05, 0) is 64.7 Å². The molecule has 1 atom stereocenters. The zero-order valence-corrected chi connectivity index (χ0v) is 15.2. The molecule has 0 radical (unpaired) electrons. The molecule has 6 nitrogen and oxygen atoms in total. The van der Waals surface area contributed by atoms with E-state index in [-0.39, 0.29) is 24.1 Å². The van der Waals surface area contributed by atoms with Crippen molar-refractivity contribution in [3.05, 3.63) is 0 Å². The Balaban J connectivity index is 1.70. The second-order valence-electron chi connectivity index (χ2n) is 7.07. The van der Waals surface area contributed by atoms with Crippen molar-refractivity contribution >= 4 is 12.0 Å². The molecular weight excluding hydrogens is 306 g/mol. The van der Waals surface area contributed by atoms with E-state index in [4.69, 9.17) is 10.5 Å². The smallest absolute Gasteiger partial charge is 0.410 e. The van der Waals surface area contributed by atoms with E-state index in [0.29, 0.717) is 19.0 Å². The second kappa shape index (κ2) is 9.25. The standard InChI is InChI=1S/C18H33N3O3/c1-3-20(4-2)18(23)24-15-9-7-14(8-10-15)13-16(19)17(22)21-11-5-6-12-21/h14-16H,3-13,19H2,1-2H3/t14?,15?,16-/m0/s1. The number of hydrogen-bond acceptors (Lipinski definition) is 4. The van der Waals surface area contributed by atoms with Gasteiger partial charge in [-0.1, -0.05) is 0 Å². The van der Waals surface area contributed by atoms with Crippen molar-refractivity contribution in [1.29, 1.82) is 0 Å². The highest BCUT2D eigenvalue weighted by atomic mass is 16.6. The quantitative estimate of drug-likeness (QED) is 0.806. The summed E-state index contributed by atoms with van der Waals surface area (Å²) in [5.41, 5.74) is 6.14. The maximum absolute atomic E-state index is 12.3. The molecule has 2 aliphatic rings. The number of nitrogens with two attached hydrogens (primary N) is 1. The average Bonchev–Trinajstić information content (AvgIpc) is 3.11. The Morgan fingerprint density at radius 2 is 1.71 bits per heavy atom. The average molecular weight is 339 g/mol. The van der Waals surface area contributed by atoms with Gasteiger partial charge in [-0.2, -0.15) is 0 Å². The molecule has 1 heterocycles. The van der Waals surface area contributed by atoms with E-state index >= 15 is 0 Å². The Hall–Kier alpha value is -1.30. The lowest BCUT2D eigenvalue weighted by atomic mass is 9.83. The Kier molecular flexibility index (Phi) is 7.34. The number of likely N-dealkylation sites (tertiary alicyclic amines) is 1. The monoisotopic (exact) mass is 339 g/mol. The van der Waals surface area contributed by atoms with E-state index in [1.807, 2.05) is 18.7 Å². The Labute approximate surface area is 145 Å². The first kappa shape index (κ1) is 19.0. The van der Waals surface area contributed by atoms with E-state index in [9.17, 15) is 9.59 Å². The van der Waals surface area contributed by atoms with Gasteiger partial charge in [-0.25, -0.2) is 4.79 Å². The Bertz CT molecular complexity index is 412. The fraction of sp³-hybridized carbons (Fsp3) is 0.889. The summed E-state index contributed by atoms with van der Waals surface area (Å²) in [6.07, 6.45) is 6.48.